The Morgan fingerprint density at radius 3 is 2.27 bits per heavy atom. The molecule has 49 heavy (non-hydrogen) atoms. The van der Waals surface area contributed by atoms with Gasteiger partial charge in [0.25, 0.3) is 0 Å². The van der Waals surface area contributed by atoms with Gasteiger partial charge in [-0.1, -0.05) is 152 Å². The van der Waals surface area contributed by atoms with Crippen molar-refractivity contribution >= 4 is 11.1 Å². The molecule has 10 rings (SSSR count). The van der Waals surface area contributed by atoms with Crippen LogP contribution in [0.1, 0.15) is 72.8 Å². The van der Waals surface area contributed by atoms with E-state index in [2.05, 4.69) is 152 Å². The number of fused-ring (bicyclic) bond motifs is 9. The summed E-state index contributed by atoms with van der Waals surface area (Å²) in [6.45, 7) is 0. The van der Waals surface area contributed by atoms with Gasteiger partial charge in [0.05, 0.1) is 5.41 Å². The molecule has 0 saturated heterocycles. The molecule has 0 heterocycles. The zero-order valence-electron chi connectivity index (χ0n) is 28.0. The molecule has 7 aliphatic rings. The van der Waals surface area contributed by atoms with E-state index in [1.807, 2.05) is 0 Å². The van der Waals surface area contributed by atoms with Crippen LogP contribution in [0.5, 0.6) is 0 Å². The molecule has 1 atom stereocenters. The summed E-state index contributed by atoms with van der Waals surface area (Å²) in [6, 6.07) is 25.5. The SMILES string of the molecule is C1=CC(C2=CC=C(/C(=C/CC3=CC(C4=CCCC=C4)C=C3)c3cccc4c3C3=C(C=CC3)C43c4ccccc4-c4ccccc43)C2)=CCC1. The summed E-state index contributed by atoms with van der Waals surface area (Å²) < 4.78 is 0. The molecule has 0 nitrogen and oxygen atoms in total. The van der Waals surface area contributed by atoms with E-state index in [4.69, 9.17) is 0 Å². The first kappa shape index (κ1) is 28.8. The predicted molar refractivity (Wildman–Crippen MR) is 206 cm³/mol. The zero-order chi connectivity index (χ0) is 32.4. The van der Waals surface area contributed by atoms with E-state index in [9.17, 15) is 0 Å². The molecule has 7 aliphatic carbocycles. The molecule has 1 spiro atoms. The number of hydrogen-bond donors (Lipinski definition) is 0. The Hall–Kier alpha value is -5.20. The van der Waals surface area contributed by atoms with Crippen molar-refractivity contribution < 1.29 is 0 Å². The summed E-state index contributed by atoms with van der Waals surface area (Å²) in [4.78, 5) is 0. The van der Waals surface area contributed by atoms with Crippen molar-refractivity contribution in [2.24, 2.45) is 5.92 Å². The average Bonchev–Trinajstić information content (AvgIpc) is 4.00. The van der Waals surface area contributed by atoms with Crippen molar-refractivity contribution in [3.05, 3.63) is 213 Å². The fourth-order valence-corrected chi connectivity index (χ4v) is 9.65. The highest BCUT2D eigenvalue weighted by atomic mass is 14.5. The van der Waals surface area contributed by atoms with Gasteiger partial charge in [-0.05, 0) is 128 Å². The van der Waals surface area contributed by atoms with E-state index < -0.39 is 0 Å². The smallest absolute Gasteiger partial charge is 0.0722 e. The lowest BCUT2D eigenvalue weighted by Crippen LogP contribution is -2.26. The highest BCUT2D eigenvalue weighted by Gasteiger charge is 2.53. The van der Waals surface area contributed by atoms with E-state index in [0.717, 1.165) is 44.9 Å². The first-order valence-electron chi connectivity index (χ1n) is 18.3. The van der Waals surface area contributed by atoms with Crippen LogP contribution in [0.2, 0.25) is 0 Å². The topological polar surface area (TPSA) is 0 Å². The molecule has 0 N–H and O–H groups in total. The summed E-state index contributed by atoms with van der Waals surface area (Å²) in [5.41, 5.74) is 21.1. The Morgan fingerprint density at radius 2 is 1.49 bits per heavy atom. The molecule has 0 amide bonds. The number of rotatable bonds is 6. The lowest BCUT2D eigenvalue weighted by Gasteiger charge is -2.31. The largest absolute Gasteiger partial charge is 0.0839 e. The van der Waals surface area contributed by atoms with Gasteiger partial charge in [0, 0.05) is 5.92 Å². The Bertz CT molecular complexity index is 2240. The summed E-state index contributed by atoms with van der Waals surface area (Å²) in [6.07, 6.45) is 41.1. The molecule has 0 bridgehead atoms. The molecule has 3 aromatic rings. The molecule has 0 saturated carbocycles. The van der Waals surface area contributed by atoms with Crippen LogP contribution < -0.4 is 0 Å². The van der Waals surface area contributed by atoms with Crippen LogP contribution >= 0.6 is 0 Å². The van der Waals surface area contributed by atoms with Gasteiger partial charge in [-0.2, -0.15) is 0 Å². The molecule has 0 radical (unpaired) electrons. The second kappa shape index (κ2) is 11.5. The van der Waals surface area contributed by atoms with Gasteiger partial charge in [0.2, 0.25) is 0 Å². The molecule has 1 unspecified atom stereocenters. The number of hydrogen-bond acceptors (Lipinski definition) is 0. The van der Waals surface area contributed by atoms with Crippen LogP contribution in [0, 0.1) is 5.92 Å². The van der Waals surface area contributed by atoms with Gasteiger partial charge in [0.1, 0.15) is 0 Å². The maximum absolute atomic E-state index is 2.55. The van der Waals surface area contributed by atoms with Crippen LogP contribution in [0.4, 0.5) is 0 Å². The lowest BCUT2D eigenvalue weighted by molar-refractivity contribution is 0.787. The lowest BCUT2D eigenvalue weighted by atomic mass is 9.69. The van der Waals surface area contributed by atoms with Gasteiger partial charge < -0.3 is 0 Å². The van der Waals surface area contributed by atoms with Crippen molar-refractivity contribution in [1.82, 2.24) is 0 Å². The Morgan fingerprint density at radius 1 is 0.714 bits per heavy atom. The normalized spacial score (nSPS) is 22.2. The Kier molecular flexibility index (Phi) is 6.73. The van der Waals surface area contributed by atoms with Crippen LogP contribution in [-0.2, 0) is 5.41 Å². The monoisotopic (exact) mass is 628 g/mol. The fraction of sp³-hybridized carbons (Fsp3) is 0.184. The van der Waals surface area contributed by atoms with E-state index >= 15 is 0 Å². The molecule has 3 aromatic carbocycles. The van der Waals surface area contributed by atoms with Crippen molar-refractivity contribution in [2.45, 2.75) is 50.4 Å². The quantitative estimate of drug-likeness (QED) is 0.255. The molecule has 236 valence electrons. The van der Waals surface area contributed by atoms with E-state index in [0.29, 0.717) is 5.92 Å². The molecule has 0 aliphatic heterocycles. The van der Waals surface area contributed by atoms with Crippen molar-refractivity contribution in [2.75, 3.05) is 0 Å². The standard InChI is InChI=1S/C49H40/c1-3-13-34(14-4-1)36-27-25-33(31-36)26-30-39(38-29-28-37(32-38)35-15-5-2-6-16-35)42-19-11-24-47-48(42)43-20-12-23-46(43)49(47)44-21-9-7-17-40(44)41-18-8-10-22-45(41)49/h3,5,7-19,21-25,27-31,36H,1-2,4,6,20,26,32H2/b39-30-. The summed E-state index contributed by atoms with van der Waals surface area (Å²) in [7, 11) is 0. The van der Waals surface area contributed by atoms with Gasteiger partial charge in [-0.15, -0.1) is 0 Å². The molecule has 0 aromatic heterocycles. The Balaban J connectivity index is 1.12. The minimum atomic E-state index is -0.275. The van der Waals surface area contributed by atoms with Crippen LogP contribution in [-0.4, -0.2) is 0 Å². The third kappa shape index (κ3) is 4.36. The minimum Gasteiger partial charge on any atom is -0.0839 e. The van der Waals surface area contributed by atoms with Crippen LogP contribution in [0.25, 0.3) is 22.3 Å². The first-order valence-corrected chi connectivity index (χ1v) is 18.3. The molecular formula is C49H40. The van der Waals surface area contributed by atoms with Gasteiger partial charge >= 0.3 is 0 Å². The molecular weight excluding hydrogens is 589 g/mol. The van der Waals surface area contributed by atoms with E-state index in [1.165, 1.54) is 83.5 Å². The number of allylic oxidation sites excluding steroid dienone is 22. The highest BCUT2D eigenvalue weighted by Crippen LogP contribution is 2.64. The fourth-order valence-electron chi connectivity index (χ4n) is 9.65. The maximum Gasteiger partial charge on any atom is 0.0722 e. The third-order valence-corrected chi connectivity index (χ3v) is 11.8. The molecule has 0 heteroatoms. The van der Waals surface area contributed by atoms with Crippen molar-refractivity contribution in [1.29, 1.82) is 0 Å². The highest BCUT2D eigenvalue weighted by molar-refractivity contribution is 6.01. The maximum atomic E-state index is 2.55. The van der Waals surface area contributed by atoms with E-state index in [-0.39, 0.29) is 5.41 Å². The number of benzene rings is 3. The summed E-state index contributed by atoms with van der Waals surface area (Å²) in [5.74, 6) is 0.396. The third-order valence-electron chi connectivity index (χ3n) is 11.8. The van der Waals surface area contributed by atoms with Gasteiger partial charge in [-0.25, -0.2) is 0 Å². The van der Waals surface area contributed by atoms with E-state index in [1.54, 1.807) is 0 Å². The van der Waals surface area contributed by atoms with Gasteiger partial charge in [0.15, 0.2) is 0 Å². The second-order valence-electron chi connectivity index (χ2n) is 14.4. The molecule has 0 fully saturated rings. The first-order chi connectivity index (χ1) is 24.3. The van der Waals surface area contributed by atoms with Crippen LogP contribution in [0.15, 0.2) is 185 Å². The summed E-state index contributed by atoms with van der Waals surface area (Å²) in [5, 5.41) is 0. The predicted octanol–water partition coefficient (Wildman–Crippen LogP) is 12.4. The average molecular weight is 629 g/mol. The minimum absolute atomic E-state index is 0.275. The van der Waals surface area contributed by atoms with Crippen LogP contribution in [0.3, 0.4) is 0 Å². The van der Waals surface area contributed by atoms with Crippen molar-refractivity contribution in [3.8, 4) is 11.1 Å². The van der Waals surface area contributed by atoms with Crippen molar-refractivity contribution in [3.63, 3.8) is 0 Å². The zero-order valence-corrected chi connectivity index (χ0v) is 28.0. The Labute approximate surface area is 290 Å². The summed E-state index contributed by atoms with van der Waals surface area (Å²) >= 11 is 0. The van der Waals surface area contributed by atoms with Gasteiger partial charge in [-0.3, -0.25) is 0 Å². The second-order valence-corrected chi connectivity index (χ2v) is 14.4.